The van der Waals surface area contributed by atoms with Crippen molar-refractivity contribution in [2.75, 3.05) is 37.5 Å². The molecule has 2 unspecified atom stereocenters. The number of benzene rings is 1. The fourth-order valence-electron chi connectivity index (χ4n) is 3.02. The molecule has 0 aromatic heterocycles. The Morgan fingerprint density at radius 3 is 2.18 bits per heavy atom. The second-order valence-electron chi connectivity index (χ2n) is 7.85. The topological polar surface area (TPSA) is 18.8 Å². The molecule has 1 rings (SSSR count). The van der Waals surface area contributed by atoms with Gasteiger partial charge in [-0.3, -0.25) is 4.99 Å². The third-order valence-electron chi connectivity index (χ3n) is 5.32. The Balaban J connectivity index is 3.34. The molecule has 0 aliphatic rings. The van der Waals surface area contributed by atoms with Gasteiger partial charge in [-0.25, -0.2) is 0 Å². The van der Waals surface area contributed by atoms with E-state index in [0.29, 0.717) is 16.8 Å². The van der Waals surface area contributed by atoms with Gasteiger partial charge in [-0.05, 0) is 49.1 Å². The summed E-state index contributed by atoms with van der Waals surface area (Å²) < 4.78 is 41.9. The second-order valence-corrected chi connectivity index (χ2v) is 9.03. The molecule has 0 amide bonds. The van der Waals surface area contributed by atoms with Crippen molar-refractivity contribution < 1.29 is 13.2 Å². The number of aliphatic imine (C=N–C) groups is 1. The summed E-state index contributed by atoms with van der Waals surface area (Å²) in [5.74, 6) is 0.165. The van der Waals surface area contributed by atoms with Gasteiger partial charge in [0.1, 0.15) is 5.25 Å². The van der Waals surface area contributed by atoms with Crippen LogP contribution in [-0.4, -0.2) is 44.2 Å². The smallest absolute Gasteiger partial charge is 0.378 e. The van der Waals surface area contributed by atoms with Crippen LogP contribution in [0.2, 0.25) is 0 Å². The van der Waals surface area contributed by atoms with Crippen molar-refractivity contribution in [3.05, 3.63) is 73.0 Å². The van der Waals surface area contributed by atoms with Crippen molar-refractivity contribution >= 4 is 28.2 Å². The molecule has 0 bridgehead atoms. The predicted octanol–water partition coefficient (Wildman–Crippen LogP) is 7.50. The molecule has 0 N–H and O–H groups in total. The number of rotatable bonds is 11. The van der Waals surface area contributed by atoms with Crippen LogP contribution in [0.5, 0.6) is 0 Å². The van der Waals surface area contributed by atoms with Crippen LogP contribution in [0.25, 0.3) is 0 Å². The standard InChI is InChI=1S/C26H36F3N3S/c1-9-12-13-21(11-3)25(26(27,28)29)33-24(30-6)18-32(20(5)19(4)10-2)23-16-14-22(15-17-23)31(7)8/h9,11-17,19,25H,3,5,10,18H2,1-2,4,6-8H3/b12-9-,21-13+,30-24?. The number of nitrogens with zero attached hydrogens (tertiary/aromatic N) is 3. The van der Waals surface area contributed by atoms with Crippen LogP contribution < -0.4 is 9.80 Å². The van der Waals surface area contributed by atoms with Gasteiger partial charge in [0, 0.05) is 38.2 Å². The number of allylic oxidation sites excluding steroid dienone is 5. The molecule has 0 saturated heterocycles. The van der Waals surface area contributed by atoms with Gasteiger partial charge < -0.3 is 9.80 Å². The zero-order valence-electron chi connectivity index (χ0n) is 20.5. The maximum atomic E-state index is 14.0. The molecular weight excluding hydrogens is 443 g/mol. The number of hydrogen-bond acceptors (Lipinski definition) is 4. The van der Waals surface area contributed by atoms with Gasteiger partial charge in [0.05, 0.1) is 11.6 Å². The van der Waals surface area contributed by atoms with Gasteiger partial charge >= 0.3 is 6.18 Å². The van der Waals surface area contributed by atoms with Crippen molar-refractivity contribution in [3.63, 3.8) is 0 Å². The average Bonchev–Trinajstić information content (AvgIpc) is 2.79. The fraction of sp³-hybridized carbons (Fsp3) is 0.423. The Bertz CT molecular complexity index is 868. The Morgan fingerprint density at radius 2 is 1.76 bits per heavy atom. The highest BCUT2D eigenvalue weighted by molar-refractivity contribution is 8.14. The summed E-state index contributed by atoms with van der Waals surface area (Å²) >= 11 is 0.708. The van der Waals surface area contributed by atoms with Crippen molar-refractivity contribution in [3.8, 4) is 0 Å². The van der Waals surface area contributed by atoms with Crippen LogP contribution in [0.4, 0.5) is 24.5 Å². The molecule has 0 spiro atoms. The van der Waals surface area contributed by atoms with E-state index in [2.05, 4.69) is 32.0 Å². The first kappa shape index (κ1) is 28.6. The van der Waals surface area contributed by atoms with E-state index in [4.69, 9.17) is 0 Å². The molecule has 182 valence electrons. The highest BCUT2D eigenvalue weighted by atomic mass is 32.2. The summed E-state index contributed by atoms with van der Waals surface area (Å²) in [7, 11) is 5.44. The number of hydrogen-bond donors (Lipinski definition) is 0. The van der Waals surface area contributed by atoms with Gasteiger partial charge in [-0.1, -0.05) is 63.1 Å². The molecule has 2 atom stereocenters. The quantitative estimate of drug-likeness (QED) is 0.186. The van der Waals surface area contributed by atoms with Gasteiger partial charge in [0.2, 0.25) is 0 Å². The average molecular weight is 480 g/mol. The number of anilines is 2. The minimum atomic E-state index is -4.45. The summed E-state index contributed by atoms with van der Waals surface area (Å²) in [6, 6.07) is 7.89. The lowest BCUT2D eigenvalue weighted by Crippen LogP contribution is -2.34. The first-order valence-corrected chi connectivity index (χ1v) is 11.8. The first-order valence-electron chi connectivity index (χ1n) is 10.9. The minimum absolute atomic E-state index is 0.0920. The van der Waals surface area contributed by atoms with Crippen molar-refractivity contribution in [2.24, 2.45) is 10.9 Å². The SMILES string of the molecule is C=C/C(=C\C=C/C)C(SC(CN(C(=C)C(C)CC)c1ccc(N(C)C)cc1)=NC)C(F)(F)F. The molecule has 0 aliphatic heterocycles. The van der Waals surface area contributed by atoms with Gasteiger partial charge in [0.25, 0.3) is 0 Å². The molecule has 0 saturated carbocycles. The molecule has 33 heavy (non-hydrogen) atoms. The first-order chi connectivity index (χ1) is 15.5. The lowest BCUT2D eigenvalue weighted by atomic mass is 10.0. The summed E-state index contributed by atoms with van der Waals surface area (Å²) in [6.07, 6.45) is 2.40. The van der Waals surface area contributed by atoms with Crippen LogP contribution in [0.1, 0.15) is 27.2 Å². The highest BCUT2D eigenvalue weighted by Gasteiger charge is 2.42. The summed E-state index contributed by atoms with van der Waals surface area (Å²) in [6.45, 7) is 13.9. The van der Waals surface area contributed by atoms with Crippen molar-refractivity contribution in [1.29, 1.82) is 0 Å². The van der Waals surface area contributed by atoms with E-state index in [0.717, 1.165) is 23.5 Å². The van der Waals surface area contributed by atoms with E-state index in [1.165, 1.54) is 19.2 Å². The zero-order valence-corrected chi connectivity index (χ0v) is 21.3. The van der Waals surface area contributed by atoms with Crippen LogP contribution in [0.15, 0.2) is 78.0 Å². The third kappa shape index (κ3) is 8.46. The molecule has 1 aromatic rings. The van der Waals surface area contributed by atoms with E-state index in [-0.39, 0.29) is 18.0 Å². The minimum Gasteiger partial charge on any atom is -0.378 e. The molecule has 0 aliphatic carbocycles. The lowest BCUT2D eigenvalue weighted by molar-refractivity contribution is -0.121. The van der Waals surface area contributed by atoms with Crippen LogP contribution in [0, 0.1) is 5.92 Å². The van der Waals surface area contributed by atoms with E-state index >= 15 is 0 Å². The molecular formula is C26H36F3N3S. The highest BCUT2D eigenvalue weighted by Crippen LogP contribution is 2.38. The van der Waals surface area contributed by atoms with Gasteiger partial charge in [0.15, 0.2) is 0 Å². The van der Waals surface area contributed by atoms with E-state index in [1.54, 1.807) is 19.1 Å². The number of thioether (sulfide) groups is 1. The Kier molecular flexibility index (Phi) is 11.6. The number of alkyl halides is 3. The third-order valence-corrected chi connectivity index (χ3v) is 6.68. The molecule has 0 heterocycles. The molecule has 3 nitrogen and oxygen atoms in total. The molecule has 1 aromatic carbocycles. The zero-order chi connectivity index (χ0) is 25.2. The van der Waals surface area contributed by atoms with Crippen LogP contribution in [-0.2, 0) is 0 Å². The Hall–Kier alpha value is -2.41. The monoisotopic (exact) mass is 479 g/mol. The van der Waals surface area contributed by atoms with Crippen molar-refractivity contribution in [2.45, 2.75) is 38.6 Å². The largest absolute Gasteiger partial charge is 0.404 e. The summed E-state index contributed by atoms with van der Waals surface area (Å²) in [4.78, 5) is 8.18. The molecule has 0 radical (unpaired) electrons. The van der Waals surface area contributed by atoms with Gasteiger partial charge in [-0.2, -0.15) is 13.2 Å². The van der Waals surface area contributed by atoms with E-state index in [9.17, 15) is 13.2 Å². The summed E-state index contributed by atoms with van der Waals surface area (Å²) in [5.41, 5.74) is 2.83. The maximum absolute atomic E-state index is 14.0. The molecule has 0 fully saturated rings. The lowest BCUT2D eigenvalue weighted by Gasteiger charge is -2.32. The Morgan fingerprint density at radius 1 is 1.18 bits per heavy atom. The van der Waals surface area contributed by atoms with Gasteiger partial charge in [-0.15, -0.1) is 0 Å². The summed E-state index contributed by atoms with van der Waals surface area (Å²) in [5, 5.41) is -1.40. The molecule has 7 heteroatoms. The van der Waals surface area contributed by atoms with Crippen molar-refractivity contribution in [1.82, 2.24) is 0 Å². The van der Waals surface area contributed by atoms with E-state index in [1.807, 2.05) is 48.2 Å². The predicted molar refractivity (Wildman–Crippen MR) is 141 cm³/mol. The maximum Gasteiger partial charge on any atom is 0.404 e. The second kappa shape index (κ2) is 13.3. The number of halogens is 3. The normalized spacial score (nSPS) is 14.8. The van der Waals surface area contributed by atoms with E-state index < -0.39 is 11.4 Å². The van der Waals surface area contributed by atoms with Crippen LogP contribution in [0.3, 0.4) is 0 Å². The van der Waals surface area contributed by atoms with Crippen LogP contribution >= 0.6 is 11.8 Å². The Labute approximate surface area is 201 Å². The fourth-order valence-corrected chi connectivity index (χ4v) is 4.04.